The topological polar surface area (TPSA) is 87.5 Å². The zero-order valence-electron chi connectivity index (χ0n) is 8.95. The summed E-state index contributed by atoms with van der Waals surface area (Å²) in [6.45, 7) is 4.09. The summed E-state index contributed by atoms with van der Waals surface area (Å²) in [6.07, 6.45) is 0.911. The molecule has 1 aliphatic rings. The van der Waals surface area contributed by atoms with Crippen LogP contribution in [0.25, 0.3) is 0 Å². The molecule has 0 aliphatic carbocycles. The van der Waals surface area contributed by atoms with E-state index in [0.29, 0.717) is 6.54 Å². The molecule has 1 aliphatic heterocycles. The fourth-order valence-corrected chi connectivity index (χ4v) is 1.58. The van der Waals surface area contributed by atoms with Crippen LogP contribution in [0.3, 0.4) is 0 Å². The summed E-state index contributed by atoms with van der Waals surface area (Å²) in [5.74, 6) is -0.282. The number of urea groups is 1. The van der Waals surface area contributed by atoms with E-state index in [1.54, 1.807) is 6.92 Å². The molecule has 1 fully saturated rings. The van der Waals surface area contributed by atoms with Crippen molar-refractivity contribution in [1.29, 1.82) is 0 Å². The van der Waals surface area contributed by atoms with Gasteiger partial charge in [-0.3, -0.25) is 15.0 Å². The first-order valence-corrected chi connectivity index (χ1v) is 5.17. The highest BCUT2D eigenvalue weighted by molar-refractivity contribution is 5.95. The Kier molecular flexibility index (Phi) is 4.51. The predicted molar refractivity (Wildman–Crippen MR) is 56.2 cm³/mol. The molecular weight excluding hydrogens is 196 g/mol. The van der Waals surface area contributed by atoms with Gasteiger partial charge in [0.2, 0.25) is 5.91 Å². The Labute approximate surface area is 89.2 Å². The number of rotatable bonds is 3. The first kappa shape index (κ1) is 11.9. The van der Waals surface area contributed by atoms with Gasteiger partial charge < -0.3 is 11.1 Å². The van der Waals surface area contributed by atoms with Crippen molar-refractivity contribution in [1.82, 2.24) is 15.5 Å². The number of nitrogens with one attached hydrogen (secondary N) is 2. The van der Waals surface area contributed by atoms with E-state index < -0.39 is 6.03 Å². The van der Waals surface area contributed by atoms with Gasteiger partial charge in [-0.05, 0) is 13.3 Å². The maximum atomic E-state index is 11.3. The van der Waals surface area contributed by atoms with Crippen molar-refractivity contribution in [3.05, 3.63) is 0 Å². The Morgan fingerprint density at radius 2 is 2.27 bits per heavy atom. The smallest absolute Gasteiger partial charge is 0.321 e. The van der Waals surface area contributed by atoms with E-state index in [2.05, 4.69) is 10.6 Å². The largest absolute Gasteiger partial charge is 0.338 e. The standard InChI is InChI=1S/C9H18N4O2/c1-2-11-9(15)12-8(14)6-13-4-3-7(10)5-13/h7H,2-6,10H2,1H3,(H2,11,12,14,15). The number of likely N-dealkylation sites (tertiary alicyclic amines) is 1. The van der Waals surface area contributed by atoms with Crippen LogP contribution >= 0.6 is 0 Å². The van der Waals surface area contributed by atoms with Gasteiger partial charge in [0.25, 0.3) is 0 Å². The van der Waals surface area contributed by atoms with E-state index in [4.69, 9.17) is 5.73 Å². The molecule has 0 spiro atoms. The Morgan fingerprint density at radius 3 is 2.80 bits per heavy atom. The normalized spacial score (nSPS) is 21.3. The molecule has 1 atom stereocenters. The lowest BCUT2D eigenvalue weighted by atomic mass is 10.3. The summed E-state index contributed by atoms with van der Waals surface area (Å²) < 4.78 is 0. The van der Waals surface area contributed by atoms with Crippen molar-refractivity contribution in [2.45, 2.75) is 19.4 Å². The van der Waals surface area contributed by atoms with Crippen molar-refractivity contribution < 1.29 is 9.59 Å². The van der Waals surface area contributed by atoms with Gasteiger partial charge in [-0.1, -0.05) is 0 Å². The van der Waals surface area contributed by atoms with Gasteiger partial charge >= 0.3 is 6.03 Å². The number of hydrogen-bond donors (Lipinski definition) is 3. The molecule has 15 heavy (non-hydrogen) atoms. The molecule has 3 amide bonds. The number of nitrogens with zero attached hydrogens (tertiary/aromatic N) is 1. The highest BCUT2D eigenvalue weighted by Gasteiger charge is 2.21. The molecule has 0 radical (unpaired) electrons. The second-order valence-electron chi connectivity index (χ2n) is 3.69. The third kappa shape index (κ3) is 4.26. The van der Waals surface area contributed by atoms with Crippen molar-refractivity contribution in [3.8, 4) is 0 Å². The lowest BCUT2D eigenvalue weighted by Gasteiger charge is -2.14. The van der Waals surface area contributed by atoms with Gasteiger partial charge in [0, 0.05) is 25.7 Å². The SMILES string of the molecule is CCNC(=O)NC(=O)CN1CCC(N)C1. The van der Waals surface area contributed by atoms with Crippen LogP contribution < -0.4 is 16.4 Å². The van der Waals surface area contributed by atoms with Crippen molar-refractivity contribution >= 4 is 11.9 Å². The highest BCUT2D eigenvalue weighted by atomic mass is 16.2. The second-order valence-corrected chi connectivity index (χ2v) is 3.69. The Hall–Kier alpha value is -1.14. The summed E-state index contributed by atoms with van der Waals surface area (Å²) >= 11 is 0. The Bertz CT molecular complexity index is 244. The zero-order valence-corrected chi connectivity index (χ0v) is 8.95. The summed E-state index contributed by atoms with van der Waals surface area (Å²) in [5.41, 5.74) is 5.70. The van der Waals surface area contributed by atoms with E-state index in [1.165, 1.54) is 0 Å². The molecule has 1 rings (SSSR count). The van der Waals surface area contributed by atoms with E-state index >= 15 is 0 Å². The molecule has 1 saturated heterocycles. The minimum Gasteiger partial charge on any atom is -0.338 e. The molecule has 86 valence electrons. The van der Waals surface area contributed by atoms with E-state index in [-0.39, 0.29) is 18.5 Å². The van der Waals surface area contributed by atoms with Gasteiger partial charge in [0.05, 0.1) is 6.54 Å². The summed E-state index contributed by atoms with van der Waals surface area (Å²) in [5, 5.41) is 4.75. The van der Waals surface area contributed by atoms with Gasteiger partial charge in [0.15, 0.2) is 0 Å². The minimum atomic E-state index is -0.439. The van der Waals surface area contributed by atoms with Crippen molar-refractivity contribution in [2.24, 2.45) is 5.73 Å². The average Bonchev–Trinajstić information content (AvgIpc) is 2.51. The molecular formula is C9H18N4O2. The van der Waals surface area contributed by atoms with Crippen LogP contribution in [0, 0.1) is 0 Å². The van der Waals surface area contributed by atoms with E-state index in [9.17, 15) is 9.59 Å². The van der Waals surface area contributed by atoms with Crippen LogP contribution in [0.2, 0.25) is 0 Å². The average molecular weight is 214 g/mol. The van der Waals surface area contributed by atoms with Crippen LogP contribution in [-0.4, -0.2) is 49.1 Å². The zero-order chi connectivity index (χ0) is 11.3. The van der Waals surface area contributed by atoms with Crippen LogP contribution in [-0.2, 0) is 4.79 Å². The maximum absolute atomic E-state index is 11.3. The summed E-state index contributed by atoms with van der Waals surface area (Å²) in [6, 6.07) is -0.284. The highest BCUT2D eigenvalue weighted by Crippen LogP contribution is 2.05. The maximum Gasteiger partial charge on any atom is 0.321 e. The van der Waals surface area contributed by atoms with Gasteiger partial charge in [0.1, 0.15) is 0 Å². The molecule has 4 N–H and O–H groups in total. The number of carbonyl (C=O) groups excluding carboxylic acids is 2. The first-order valence-electron chi connectivity index (χ1n) is 5.17. The van der Waals surface area contributed by atoms with Gasteiger partial charge in [-0.25, -0.2) is 4.79 Å². The quantitative estimate of drug-likeness (QED) is 0.554. The van der Waals surface area contributed by atoms with E-state index in [1.807, 2.05) is 4.90 Å². The fourth-order valence-electron chi connectivity index (χ4n) is 1.58. The molecule has 6 heteroatoms. The fraction of sp³-hybridized carbons (Fsp3) is 0.778. The number of imide groups is 1. The third-order valence-corrected chi connectivity index (χ3v) is 2.27. The molecule has 0 saturated carbocycles. The summed E-state index contributed by atoms with van der Waals surface area (Å²) in [4.78, 5) is 24.3. The number of nitrogens with two attached hydrogens (primary N) is 1. The van der Waals surface area contributed by atoms with Crippen LogP contribution in [0.4, 0.5) is 4.79 Å². The molecule has 0 bridgehead atoms. The summed E-state index contributed by atoms with van der Waals surface area (Å²) in [7, 11) is 0. The predicted octanol–water partition coefficient (Wildman–Crippen LogP) is -1.13. The van der Waals surface area contributed by atoms with Crippen LogP contribution in [0.1, 0.15) is 13.3 Å². The second kappa shape index (κ2) is 5.67. The minimum absolute atomic E-state index is 0.155. The molecule has 0 aromatic heterocycles. The Balaban J connectivity index is 2.21. The lowest BCUT2D eigenvalue weighted by Crippen LogP contribution is -2.44. The first-order chi connectivity index (χ1) is 7.11. The van der Waals surface area contributed by atoms with Gasteiger partial charge in [-0.15, -0.1) is 0 Å². The van der Waals surface area contributed by atoms with Crippen LogP contribution in [0.15, 0.2) is 0 Å². The number of carbonyl (C=O) groups is 2. The van der Waals surface area contributed by atoms with Crippen molar-refractivity contribution in [2.75, 3.05) is 26.2 Å². The lowest BCUT2D eigenvalue weighted by molar-refractivity contribution is -0.120. The Morgan fingerprint density at radius 1 is 1.53 bits per heavy atom. The third-order valence-electron chi connectivity index (χ3n) is 2.27. The van der Waals surface area contributed by atoms with Crippen LogP contribution in [0.5, 0.6) is 0 Å². The number of amides is 3. The molecule has 6 nitrogen and oxygen atoms in total. The monoisotopic (exact) mass is 214 g/mol. The van der Waals surface area contributed by atoms with E-state index in [0.717, 1.165) is 19.5 Å². The number of hydrogen-bond acceptors (Lipinski definition) is 4. The van der Waals surface area contributed by atoms with Gasteiger partial charge in [-0.2, -0.15) is 0 Å². The molecule has 1 heterocycles. The molecule has 1 unspecified atom stereocenters. The molecule has 0 aromatic carbocycles. The van der Waals surface area contributed by atoms with Crippen molar-refractivity contribution in [3.63, 3.8) is 0 Å². The molecule has 0 aromatic rings.